The Labute approximate surface area is 115 Å². The number of hydrogen-bond acceptors (Lipinski definition) is 3. The molecule has 0 spiro atoms. The van der Waals surface area contributed by atoms with E-state index < -0.39 is 0 Å². The van der Waals surface area contributed by atoms with Crippen LogP contribution < -0.4 is 10.1 Å². The molecule has 1 unspecified atom stereocenters. The minimum absolute atomic E-state index is 0.567. The first-order valence-electron chi connectivity index (χ1n) is 5.55. The number of benzene rings is 1. The lowest BCUT2D eigenvalue weighted by molar-refractivity contribution is 0.187. The van der Waals surface area contributed by atoms with Crippen molar-refractivity contribution in [2.45, 2.75) is 6.42 Å². The van der Waals surface area contributed by atoms with Crippen LogP contribution in [0.5, 0.6) is 5.75 Å². The molecule has 1 saturated heterocycles. The van der Waals surface area contributed by atoms with Crippen LogP contribution in [-0.4, -0.2) is 26.9 Å². The molecule has 3 nitrogen and oxygen atoms in total. The van der Waals surface area contributed by atoms with Crippen molar-refractivity contribution in [3.05, 3.63) is 21.6 Å². The van der Waals surface area contributed by atoms with E-state index in [2.05, 4.69) is 21.2 Å². The lowest BCUT2D eigenvalue weighted by atomic mass is 10.1. The van der Waals surface area contributed by atoms with E-state index in [0.29, 0.717) is 10.9 Å². The molecule has 1 aromatic rings. The predicted molar refractivity (Wildman–Crippen MR) is 73.1 cm³/mol. The summed E-state index contributed by atoms with van der Waals surface area (Å²) in [4.78, 5) is 0. The van der Waals surface area contributed by atoms with Gasteiger partial charge in [-0.2, -0.15) is 0 Å². The lowest BCUT2D eigenvalue weighted by Crippen LogP contribution is -2.14. The van der Waals surface area contributed by atoms with E-state index in [0.717, 1.165) is 42.1 Å². The third-order valence-corrected chi connectivity index (χ3v) is 3.62. The fourth-order valence-corrected chi connectivity index (χ4v) is 2.87. The predicted octanol–water partition coefficient (Wildman–Crippen LogP) is 3.56. The van der Waals surface area contributed by atoms with E-state index in [-0.39, 0.29) is 0 Å². The highest BCUT2D eigenvalue weighted by Gasteiger charge is 2.16. The molecule has 1 fully saturated rings. The van der Waals surface area contributed by atoms with Crippen molar-refractivity contribution >= 4 is 33.2 Å². The number of anilines is 1. The molecule has 1 aromatic carbocycles. The van der Waals surface area contributed by atoms with Crippen molar-refractivity contribution in [1.82, 2.24) is 0 Å². The first-order chi connectivity index (χ1) is 8.20. The minimum atomic E-state index is 0.567. The van der Waals surface area contributed by atoms with Crippen LogP contribution in [0, 0.1) is 5.92 Å². The molecule has 0 amide bonds. The van der Waals surface area contributed by atoms with Gasteiger partial charge in [-0.3, -0.25) is 0 Å². The summed E-state index contributed by atoms with van der Waals surface area (Å²) in [7, 11) is 1.65. The van der Waals surface area contributed by atoms with E-state index in [4.69, 9.17) is 21.1 Å². The molecular weight excluding hydrogens is 305 g/mol. The van der Waals surface area contributed by atoms with Crippen molar-refractivity contribution in [3.8, 4) is 5.75 Å². The van der Waals surface area contributed by atoms with Crippen molar-refractivity contribution < 1.29 is 9.47 Å². The summed E-state index contributed by atoms with van der Waals surface area (Å²) in [5.41, 5.74) is 0.916. The van der Waals surface area contributed by atoms with Crippen LogP contribution in [0.1, 0.15) is 6.42 Å². The van der Waals surface area contributed by atoms with E-state index >= 15 is 0 Å². The molecule has 1 aliphatic rings. The number of halogens is 2. The molecule has 0 radical (unpaired) electrons. The van der Waals surface area contributed by atoms with E-state index in [1.54, 1.807) is 7.11 Å². The van der Waals surface area contributed by atoms with Gasteiger partial charge in [0.1, 0.15) is 0 Å². The van der Waals surface area contributed by atoms with Gasteiger partial charge in [0, 0.05) is 24.1 Å². The Morgan fingerprint density at radius 1 is 1.59 bits per heavy atom. The van der Waals surface area contributed by atoms with Gasteiger partial charge in [0.2, 0.25) is 0 Å². The summed E-state index contributed by atoms with van der Waals surface area (Å²) >= 11 is 9.46. The van der Waals surface area contributed by atoms with Crippen LogP contribution in [0.3, 0.4) is 0 Å². The third kappa shape index (κ3) is 3.27. The lowest BCUT2D eigenvalue weighted by Gasteiger charge is -2.15. The summed E-state index contributed by atoms with van der Waals surface area (Å²) in [6, 6.07) is 3.70. The molecule has 94 valence electrons. The maximum absolute atomic E-state index is 6.02. The Bertz CT molecular complexity index is 394. The standard InChI is InChI=1S/C12H15BrClNO2/c1-16-12-10(13)4-9(14)5-11(12)15-6-8-2-3-17-7-8/h4-5,8,15H,2-3,6-7H2,1H3. The van der Waals surface area contributed by atoms with Crippen molar-refractivity contribution in [3.63, 3.8) is 0 Å². The molecule has 1 N–H and O–H groups in total. The zero-order valence-corrected chi connectivity index (χ0v) is 12.0. The molecule has 2 rings (SSSR count). The molecule has 5 heteroatoms. The second-order valence-electron chi connectivity index (χ2n) is 4.08. The smallest absolute Gasteiger partial charge is 0.156 e. The summed E-state index contributed by atoms with van der Waals surface area (Å²) in [6.45, 7) is 2.57. The topological polar surface area (TPSA) is 30.5 Å². The number of hydrogen-bond donors (Lipinski definition) is 1. The van der Waals surface area contributed by atoms with Crippen LogP contribution in [0.15, 0.2) is 16.6 Å². The summed E-state index contributed by atoms with van der Waals surface area (Å²) in [5.74, 6) is 1.35. The van der Waals surface area contributed by atoms with Gasteiger partial charge in [0.15, 0.2) is 5.75 Å². The monoisotopic (exact) mass is 319 g/mol. The summed E-state index contributed by atoms with van der Waals surface area (Å²) < 4.78 is 11.5. The van der Waals surface area contributed by atoms with Crippen LogP contribution in [0.25, 0.3) is 0 Å². The Hall–Kier alpha value is -0.450. The van der Waals surface area contributed by atoms with Crippen LogP contribution in [0.4, 0.5) is 5.69 Å². The molecular formula is C12H15BrClNO2. The number of nitrogens with one attached hydrogen (secondary N) is 1. The quantitative estimate of drug-likeness (QED) is 0.920. The fourth-order valence-electron chi connectivity index (χ4n) is 1.90. The molecule has 17 heavy (non-hydrogen) atoms. The largest absolute Gasteiger partial charge is 0.493 e. The molecule has 0 saturated carbocycles. The molecule has 0 aliphatic carbocycles. The van der Waals surface area contributed by atoms with Crippen molar-refractivity contribution in [2.24, 2.45) is 5.92 Å². The third-order valence-electron chi connectivity index (χ3n) is 2.82. The second-order valence-corrected chi connectivity index (χ2v) is 5.37. The van der Waals surface area contributed by atoms with Gasteiger partial charge in [-0.15, -0.1) is 0 Å². The minimum Gasteiger partial charge on any atom is -0.493 e. The first-order valence-corrected chi connectivity index (χ1v) is 6.72. The molecule has 0 aromatic heterocycles. The maximum Gasteiger partial charge on any atom is 0.156 e. The van der Waals surface area contributed by atoms with Gasteiger partial charge in [0.05, 0.1) is 23.9 Å². The van der Waals surface area contributed by atoms with Gasteiger partial charge in [-0.25, -0.2) is 0 Å². The molecule has 1 atom stereocenters. The zero-order chi connectivity index (χ0) is 12.3. The summed E-state index contributed by atoms with van der Waals surface area (Å²) in [5, 5.41) is 4.05. The van der Waals surface area contributed by atoms with Crippen molar-refractivity contribution in [1.29, 1.82) is 0 Å². The average Bonchev–Trinajstić information content (AvgIpc) is 2.78. The Morgan fingerprint density at radius 2 is 2.41 bits per heavy atom. The van der Waals surface area contributed by atoms with Gasteiger partial charge in [-0.05, 0) is 34.5 Å². The highest BCUT2D eigenvalue weighted by Crippen LogP contribution is 2.36. The zero-order valence-electron chi connectivity index (χ0n) is 9.63. The van der Waals surface area contributed by atoms with Gasteiger partial charge >= 0.3 is 0 Å². The fraction of sp³-hybridized carbons (Fsp3) is 0.500. The van der Waals surface area contributed by atoms with E-state index in [1.807, 2.05) is 12.1 Å². The Balaban J connectivity index is 2.07. The number of methoxy groups -OCH3 is 1. The van der Waals surface area contributed by atoms with E-state index in [1.165, 1.54) is 0 Å². The SMILES string of the molecule is COc1c(Br)cc(Cl)cc1NCC1CCOC1. The Morgan fingerprint density at radius 3 is 3.06 bits per heavy atom. The normalized spacial score (nSPS) is 19.4. The van der Waals surface area contributed by atoms with Crippen LogP contribution >= 0.6 is 27.5 Å². The first kappa shape index (κ1) is 13.0. The van der Waals surface area contributed by atoms with Crippen LogP contribution in [0.2, 0.25) is 5.02 Å². The number of ether oxygens (including phenoxy) is 2. The summed E-state index contributed by atoms with van der Waals surface area (Å²) in [6.07, 6.45) is 1.11. The Kier molecular flexibility index (Phi) is 4.54. The molecule has 0 bridgehead atoms. The van der Waals surface area contributed by atoms with Gasteiger partial charge in [-0.1, -0.05) is 11.6 Å². The molecule has 1 aliphatic heterocycles. The van der Waals surface area contributed by atoms with Gasteiger partial charge in [0.25, 0.3) is 0 Å². The van der Waals surface area contributed by atoms with Crippen LogP contribution in [-0.2, 0) is 4.74 Å². The maximum atomic E-state index is 6.02. The molecule has 1 heterocycles. The van der Waals surface area contributed by atoms with Gasteiger partial charge < -0.3 is 14.8 Å². The average molecular weight is 321 g/mol. The highest BCUT2D eigenvalue weighted by atomic mass is 79.9. The number of rotatable bonds is 4. The van der Waals surface area contributed by atoms with E-state index in [9.17, 15) is 0 Å². The second kappa shape index (κ2) is 5.94. The highest BCUT2D eigenvalue weighted by molar-refractivity contribution is 9.10. The van der Waals surface area contributed by atoms with Crippen molar-refractivity contribution in [2.75, 3.05) is 32.2 Å².